The van der Waals surface area contributed by atoms with Crippen LogP contribution in [0.3, 0.4) is 0 Å². The van der Waals surface area contributed by atoms with Gasteiger partial charge in [0, 0.05) is 19.3 Å². The molecular weight excluding hydrogens is 238 g/mol. The first-order chi connectivity index (χ1) is 8.80. The first-order valence-electron chi connectivity index (χ1n) is 6.57. The minimum Gasteiger partial charge on any atom is -0.374 e. The van der Waals surface area contributed by atoms with Gasteiger partial charge in [-0.2, -0.15) is 0 Å². The molecular formula is C15H25N3O. The van der Waals surface area contributed by atoms with Gasteiger partial charge in [-0.3, -0.25) is 4.79 Å². The van der Waals surface area contributed by atoms with Crippen LogP contribution in [-0.2, 0) is 4.79 Å². The molecule has 0 heterocycles. The van der Waals surface area contributed by atoms with Gasteiger partial charge in [0.1, 0.15) is 0 Å². The Hall–Kier alpha value is -1.55. The minimum atomic E-state index is -0.660. The maximum Gasteiger partial charge on any atom is 0.237 e. The van der Waals surface area contributed by atoms with Crippen LogP contribution in [0.4, 0.5) is 5.69 Å². The number of hydrogen-bond donors (Lipinski definition) is 2. The fraction of sp³-hybridized carbons (Fsp3) is 0.533. The van der Waals surface area contributed by atoms with Gasteiger partial charge in [0.2, 0.25) is 5.91 Å². The Kier molecular flexibility index (Phi) is 4.95. The molecule has 0 aliphatic heterocycles. The van der Waals surface area contributed by atoms with Crippen LogP contribution < -0.4 is 16.0 Å². The van der Waals surface area contributed by atoms with Gasteiger partial charge in [-0.1, -0.05) is 17.7 Å². The molecule has 1 aromatic carbocycles. The van der Waals surface area contributed by atoms with E-state index in [0.29, 0.717) is 6.42 Å². The van der Waals surface area contributed by atoms with E-state index < -0.39 is 5.54 Å². The van der Waals surface area contributed by atoms with E-state index in [1.807, 2.05) is 14.0 Å². The first-order valence-corrected chi connectivity index (χ1v) is 6.57. The van der Waals surface area contributed by atoms with Crippen LogP contribution in [0.5, 0.6) is 0 Å². The number of likely N-dealkylation sites (N-methyl/N-ethyl adjacent to an activating group) is 1. The third kappa shape index (κ3) is 3.70. The lowest BCUT2D eigenvalue weighted by molar-refractivity contribution is -0.123. The molecule has 0 aliphatic carbocycles. The summed E-state index contributed by atoms with van der Waals surface area (Å²) in [6, 6.07) is 6.38. The lowest BCUT2D eigenvalue weighted by atomic mass is 9.97. The Labute approximate surface area is 116 Å². The third-order valence-electron chi connectivity index (χ3n) is 3.81. The zero-order valence-electron chi connectivity index (χ0n) is 12.6. The summed E-state index contributed by atoms with van der Waals surface area (Å²) in [6.45, 7) is 6.79. The van der Waals surface area contributed by atoms with Crippen LogP contribution in [-0.4, -0.2) is 32.1 Å². The Balaban J connectivity index is 2.75. The van der Waals surface area contributed by atoms with E-state index >= 15 is 0 Å². The van der Waals surface area contributed by atoms with E-state index in [1.54, 1.807) is 7.05 Å². The van der Waals surface area contributed by atoms with Crippen LogP contribution in [0, 0.1) is 13.8 Å². The molecule has 0 saturated carbocycles. The molecule has 4 heteroatoms. The molecule has 1 aromatic rings. The summed E-state index contributed by atoms with van der Waals surface area (Å²) in [5.74, 6) is -0.316. The summed E-state index contributed by atoms with van der Waals surface area (Å²) in [6.07, 6.45) is 0.669. The summed E-state index contributed by atoms with van der Waals surface area (Å²) < 4.78 is 0. The number of hydrogen-bond acceptors (Lipinski definition) is 3. The van der Waals surface area contributed by atoms with E-state index in [-0.39, 0.29) is 5.91 Å². The van der Waals surface area contributed by atoms with E-state index in [2.05, 4.69) is 42.3 Å². The van der Waals surface area contributed by atoms with E-state index in [1.165, 1.54) is 16.8 Å². The molecule has 0 spiro atoms. The minimum absolute atomic E-state index is 0.316. The second-order valence-corrected chi connectivity index (χ2v) is 5.41. The molecule has 1 unspecified atom stereocenters. The van der Waals surface area contributed by atoms with Crippen molar-refractivity contribution in [3.8, 4) is 0 Å². The van der Waals surface area contributed by atoms with Gasteiger partial charge >= 0.3 is 0 Å². The average Bonchev–Trinajstić information content (AvgIpc) is 2.35. The topological polar surface area (TPSA) is 58.4 Å². The molecule has 19 heavy (non-hydrogen) atoms. The van der Waals surface area contributed by atoms with Crippen molar-refractivity contribution < 1.29 is 4.79 Å². The van der Waals surface area contributed by atoms with Gasteiger partial charge in [-0.05, 0) is 45.9 Å². The molecule has 1 atom stereocenters. The molecule has 1 amide bonds. The highest BCUT2D eigenvalue weighted by Crippen LogP contribution is 2.21. The van der Waals surface area contributed by atoms with Crippen LogP contribution in [0.1, 0.15) is 24.5 Å². The Morgan fingerprint density at radius 1 is 1.42 bits per heavy atom. The first kappa shape index (κ1) is 15.5. The number of benzene rings is 1. The number of aryl methyl sites for hydroxylation is 2. The fourth-order valence-corrected chi connectivity index (χ4v) is 2.12. The molecule has 1 rings (SSSR count). The van der Waals surface area contributed by atoms with E-state index in [0.717, 1.165) is 6.54 Å². The maximum atomic E-state index is 11.5. The molecule has 0 bridgehead atoms. The van der Waals surface area contributed by atoms with Gasteiger partial charge < -0.3 is 16.0 Å². The van der Waals surface area contributed by atoms with Crippen molar-refractivity contribution in [3.63, 3.8) is 0 Å². The second-order valence-electron chi connectivity index (χ2n) is 5.41. The third-order valence-corrected chi connectivity index (χ3v) is 3.81. The number of nitrogens with zero attached hydrogens (tertiary/aromatic N) is 1. The molecule has 0 radical (unpaired) electrons. The second kappa shape index (κ2) is 6.06. The number of carbonyl (C=O) groups excluding carboxylic acids is 1. The number of primary amides is 1. The standard InChI is InChI=1S/C15H25N3O/c1-11-6-7-13(12(2)10-11)18(5)9-8-15(3,17-4)14(16)19/h6-7,10,17H,8-9H2,1-5H3,(H2,16,19). The Morgan fingerprint density at radius 3 is 2.53 bits per heavy atom. The normalized spacial score (nSPS) is 13.9. The van der Waals surface area contributed by atoms with Gasteiger partial charge in [0.05, 0.1) is 5.54 Å². The van der Waals surface area contributed by atoms with Gasteiger partial charge in [0.15, 0.2) is 0 Å². The molecule has 4 nitrogen and oxygen atoms in total. The lowest BCUT2D eigenvalue weighted by Crippen LogP contribution is -2.53. The summed E-state index contributed by atoms with van der Waals surface area (Å²) in [4.78, 5) is 13.6. The SMILES string of the molecule is CNC(C)(CCN(C)c1ccc(C)cc1C)C(N)=O. The highest BCUT2D eigenvalue weighted by atomic mass is 16.1. The quantitative estimate of drug-likeness (QED) is 0.819. The highest BCUT2D eigenvalue weighted by Gasteiger charge is 2.28. The zero-order valence-corrected chi connectivity index (χ0v) is 12.6. The number of nitrogens with two attached hydrogens (primary N) is 1. The maximum absolute atomic E-state index is 11.5. The Morgan fingerprint density at radius 2 is 2.05 bits per heavy atom. The van der Waals surface area contributed by atoms with Crippen molar-refractivity contribution in [3.05, 3.63) is 29.3 Å². The average molecular weight is 263 g/mol. The van der Waals surface area contributed by atoms with Crippen molar-refractivity contribution in [2.75, 3.05) is 25.5 Å². The fourth-order valence-electron chi connectivity index (χ4n) is 2.12. The molecule has 0 aliphatic rings. The number of carbonyl (C=O) groups is 1. The van der Waals surface area contributed by atoms with Gasteiger partial charge in [-0.15, -0.1) is 0 Å². The monoisotopic (exact) mass is 263 g/mol. The summed E-state index contributed by atoms with van der Waals surface area (Å²) in [7, 11) is 3.80. The molecule has 0 fully saturated rings. The number of amides is 1. The van der Waals surface area contributed by atoms with Crippen molar-refractivity contribution >= 4 is 11.6 Å². The van der Waals surface area contributed by atoms with E-state index in [4.69, 9.17) is 5.73 Å². The van der Waals surface area contributed by atoms with Crippen LogP contribution in [0.2, 0.25) is 0 Å². The van der Waals surface area contributed by atoms with Crippen LogP contribution in [0.25, 0.3) is 0 Å². The van der Waals surface area contributed by atoms with Crippen LogP contribution in [0.15, 0.2) is 18.2 Å². The molecule has 0 saturated heterocycles. The van der Waals surface area contributed by atoms with Gasteiger partial charge in [0.25, 0.3) is 0 Å². The summed E-state index contributed by atoms with van der Waals surface area (Å²) in [5.41, 5.74) is 8.46. The predicted octanol–water partition coefficient (Wildman–Crippen LogP) is 1.59. The molecule has 3 N–H and O–H groups in total. The summed E-state index contributed by atoms with van der Waals surface area (Å²) >= 11 is 0. The van der Waals surface area contributed by atoms with Crippen molar-refractivity contribution in [2.45, 2.75) is 32.7 Å². The van der Waals surface area contributed by atoms with Gasteiger partial charge in [-0.25, -0.2) is 0 Å². The number of nitrogens with one attached hydrogen (secondary N) is 1. The zero-order chi connectivity index (χ0) is 14.6. The predicted molar refractivity (Wildman–Crippen MR) is 80.5 cm³/mol. The molecule has 0 aromatic heterocycles. The molecule has 106 valence electrons. The highest BCUT2D eigenvalue weighted by molar-refractivity contribution is 5.84. The van der Waals surface area contributed by atoms with Crippen molar-refractivity contribution in [2.24, 2.45) is 5.73 Å². The van der Waals surface area contributed by atoms with Crippen molar-refractivity contribution in [1.29, 1.82) is 0 Å². The summed E-state index contributed by atoms with van der Waals surface area (Å²) in [5, 5.41) is 3.01. The number of anilines is 1. The van der Waals surface area contributed by atoms with Crippen LogP contribution >= 0.6 is 0 Å². The smallest absolute Gasteiger partial charge is 0.237 e. The number of rotatable bonds is 6. The van der Waals surface area contributed by atoms with Crippen molar-refractivity contribution in [1.82, 2.24) is 5.32 Å². The largest absolute Gasteiger partial charge is 0.374 e. The van der Waals surface area contributed by atoms with E-state index in [9.17, 15) is 4.79 Å². The Bertz CT molecular complexity index is 459. The lowest BCUT2D eigenvalue weighted by Gasteiger charge is -2.29.